The molecule has 2 aliphatic heterocycles. The number of hydrogen-bond acceptors (Lipinski definition) is 3. The van der Waals surface area contributed by atoms with Gasteiger partial charge in [0, 0.05) is 66.6 Å². The second-order valence-corrected chi connectivity index (χ2v) is 11.4. The van der Waals surface area contributed by atoms with E-state index in [0.717, 1.165) is 0 Å². The van der Waals surface area contributed by atoms with Crippen LogP contribution >= 0.6 is 23.2 Å². The van der Waals surface area contributed by atoms with Crippen molar-refractivity contribution in [3.8, 4) is 0 Å². The van der Waals surface area contributed by atoms with Crippen LogP contribution in [0, 0.1) is 5.92 Å². The van der Waals surface area contributed by atoms with Gasteiger partial charge < -0.3 is 15.1 Å². The second-order valence-electron chi connectivity index (χ2n) is 10.5. The van der Waals surface area contributed by atoms with E-state index >= 15 is 0 Å². The molecule has 0 aromatic heterocycles. The summed E-state index contributed by atoms with van der Waals surface area (Å²) >= 11 is 12.4. The van der Waals surface area contributed by atoms with E-state index in [0.29, 0.717) is 43.6 Å². The smallest absolute Gasteiger partial charge is 0.349 e. The van der Waals surface area contributed by atoms with Crippen molar-refractivity contribution in [1.29, 1.82) is 0 Å². The third-order valence-corrected chi connectivity index (χ3v) is 8.13. The molecular formula is C28H27Cl2F6N3O3. The number of benzene rings is 2. The Morgan fingerprint density at radius 2 is 1.31 bits per heavy atom. The maximum absolute atomic E-state index is 13.4. The van der Waals surface area contributed by atoms with Crippen LogP contribution in [-0.4, -0.2) is 59.7 Å². The Kier molecular flexibility index (Phi) is 9.37. The lowest BCUT2D eigenvalue weighted by Crippen LogP contribution is -2.53. The van der Waals surface area contributed by atoms with Gasteiger partial charge in [0.05, 0.1) is 11.1 Å². The molecule has 2 fully saturated rings. The van der Waals surface area contributed by atoms with E-state index in [-0.39, 0.29) is 53.4 Å². The fourth-order valence-corrected chi connectivity index (χ4v) is 6.03. The standard InChI is InChI=1S/C28H27Cl2F6N3O3/c1-15(40)38-5-2-16(3-6-38)26(42)39-7-4-24(23(14-39)17-10-21(29)13-22(30)11-17)37-25(41)18-8-19(27(31,32)33)12-20(9-18)28(34,35)36/h8-13,16,23-24H,2-7,14H2,1H3,(H,37,41)/t23-,24?/m0/s1. The first-order valence-electron chi connectivity index (χ1n) is 13.1. The highest BCUT2D eigenvalue weighted by atomic mass is 35.5. The Morgan fingerprint density at radius 3 is 1.81 bits per heavy atom. The van der Waals surface area contributed by atoms with Crippen molar-refractivity contribution in [1.82, 2.24) is 15.1 Å². The number of carbonyl (C=O) groups excluding carboxylic acids is 3. The fourth-order valence-electron chi connectivity index (χ4n) is 5.49. The van der Waals surface area contributed by atoms with Gasteiger partial charge in [-0.2, -0.15) is 26.3 Å². The molecule has 2 aromatic rings. The van der Waals surface area contributed by atoms with Crippen molar-refractivity contribution >= 4 is 40.9 Å². The van der Waals surface area contributed by atoms with Crippen LogP contribution in [0.15, 0.2) is 36.4 Å². The minimum absolute atomic E-state index is 0.0431. The van der Waals surface area contributed by atoms with E-state index in [1.54, 1.807) is 21.9 Å². The van der Waals surface area contributed by atoms with E-state index < -0.39 is 46.9 Å². The molecule has 1 unspecified atom stereocenters. The van der Waals surface area contributed by atoms with Gasteiger partial charge in [-0.05, 0) is 61.2 Å². The van der Waals surface area contributed by atoms with Crippen LogP contribution < -0.4 is 5.32 Å². The maximum atomic E-state index is 13.4. The quantitative estimate of drug-likeness (QED) is 0.394. The minimum atomic E-state index is -5.11. The number of rotatable bonds is 4. The zero-order valence-electron chi connectivity index (χ0n) is 22.3. The highest BCUT2D eigenvalue weighted by Crippen LogP contribution is 2.37. The van der Waals surface area contributed by atoms with Gasteiger partial charge in [-0.3, -0.25) is 14.4 Å². The zero-order chi connectivity index (χ0) is 31.0. The summed E-state index contributed by atoms with van der Waals surface area (Å²) < 4.78 is 80.2. The summed E-state index contributed by atoms with van der Waals surface area (Å²) in [5.74, 6) is -2.26. The van der Waals surface area contributed by atoms with Gasteiger partial charge in [0.2, 0.25) is 11.8 Å². The molecule has 42 heavy (non-hydrogen) atoms. The second kappa shape index (κ2) is 12.3. The van der Waals surface area contributed by atoms with E-state index in [1.165, 1.54) is 13.0 Å². The topological polar surface area (TPSA) is 69.7 Å². The summed E-state index contributed by atoms with van der Waals surface area (Å²) in [6.45, 7) is 2.65. The molecule has 1 N–H and O–H groups in total. The molecule has 0 saturated carbocycles. The van der Waals surface area contributed by atoms with Crippen LogP contribution in [0.2, 0.25) is 10.0 Å². The van der Waals surface area contributed by atoms with Crippen molar-refractivity contribution in [3.05, 3.63) is 68.7 Å². The first-order chi connectivity index (χ1) is 19.5. The Hall–Kier alpha value is -2.99. The molecule has 2 heterocycles. The molecule has 3 amide bonds. The highest BCUT2D eigenvalue weighted by molar-refractivity contribution is 6.34. The number of alkyl halides is 6. The molecule has 0 radical (unpaired) electrons. The van der Waals surface area contributed by atoms with Crippen molar-refractivity contribution in [2.45, 2.75) is 50.5 Å². The van der Waals surface area contributed by atoms with Crippen LogP contribution in [0.3, 0.4) is 0 Å². The van der Waals surface area contributed by atoms with Gasteiger partial charge in [0.25, 0.3) is 5.91 Å². The van der Waals surface area contributed by atoms with Gasteiger partial charge >= 0.3 is 12.4 Å². The van der Waals surface area contributed by atoms with Crippen molar-refractivity contribution in [2.75, 3.05) is 26.2 Å². The summed E-state index contributed by atoms with van der Waals surface area (Å²) in [6, 6.07) is 4.60. The average Bonchev–Trinajstić information content (AvgIpc) is 2.91. The summed E-state index contributed by atoms with van der Waals surface area (Å²) in [7, 11) is 0. The molecule has 228 valence electrons. The van der Waals surface area contributed by atoms with E-state index in [2.05, 4.69) is 5.32 Å². The molecule has 6 nitrogen and oxygen atoms in total. The molecule has 0 bridgehead atoms. The van der Waals surface area contributed by atoms with Crippen molar-refractivity contribution in [2.24, 2.45) is 5.92 Å². The summed E-state index contributed by atoms with van der Waals surface area (Å²) in [4.78, 5) is 41.5. The van der Waals surface area contributed by atoms with Gasteiger partial charge in [0.1, 0.15) is 0 Å². The fraction of sp³-hybridized carbons (Fsp3) is 0.464. The van der Waals surface area contributed by atoms with Crippen LogP contribution in [0.5, 0.6) is 0 Å². The van der Waals surface area contributed by atoms with Gasteiger partial charge in [-0.1, -0.05) is 23.2 Å². The number of hydrogen-bond donors (Lipinski definition) is 1. The monoisotopic (exact) mass is 637 g/mol. The molecule has 2 aliphatic rings. The molecule has 2 aromatic carbocycles. The van der Waals surface area contributed by atoms with Crippen LogP contribution in [0.1, 0.15) is 59.2 Å². The van der Waals surface area contributed by atoms with Crippen LogP contribution in [0.25, 0.3) is 0 Å². The molecule has 2 atom stereocenters. The average molecular weight is 638 g/mol. The lowest BCUT2D eigenvalue weighted by molar-refractivity contribution is -0.143. The zero-order valence-corrected chi connectivity index (χ0v) is 23.8. The molecule has 4 rings (SSSR count). The number of halogens is 8. The van der Waals surface area contributed by atoms with Crippen LogP contribution in [0.4, 0.5) is 26.3 Å². The summed E-state index contributed by atoms with van der Waals surface area (Å²) in [5, 5.41) is 3.14. The largest absolute Gasteiger partial charge is 0.416 e. The van der Waals surface area contributed by atoms with Crippen molar-refractivity contribution < 1.29 is 40.7 Å². The predicted octanol–water partition coefficient (Wildman–Crippen LogP) is 6.40. The van der Waals surface area contributed by atoms with Crippen molar-refractivity contribution in [3.63, 3.8) is 0 Å². The lowest BCUT2D eigenvalue weighted by atomic mass is 9.84. The molecule has 0 spiro atoms. The van der Waals surface area contributed by atoms with Gasteiger partial charge in [-0.25, -0.2) is 0 Å². The molecule has 2 saturated heterocycles. The normalized spacial score (nSPS) is 20.4. The van der Waals surface area contributed by atoms with Gasteiger partial charge in [-0.15, -0.1) is 0 Å². The highest BCUT2D eigenvalue weighted by Gasteiger charge is 2.40. The van der Waals surface area contributed by atoms with E-state index in [1.807, 2.05) is 0 Å². The number of piperidine rings is 2. The third kappa shape index (κ3) is 7.50. The first-order valence-corrected chi connectivity index (χ1v) is 13.9. The number of carbonyl (C=O) groups is 3. The summed E-state index contributed by atoms with van der Waals surface area (Å²) in [6.07, 6.45) is -9.07. The number of likely N-dealkylation sites (tertiary alicyclic amines) is 2. The Bertz CT molecular complexity index is 1310. The van der Waals surface area contributed by atoms with Crippen LogP contribution in [-0.2, 0) is 21.9 Å². The summed E-state index contributed by atoms with van der Waals surface area (Å²) in [5.41, 5.74) is -3.45. The Balaban J connectivity index is 1.59. The third-order valence-electron chi connectivity index (χ3n) is 7.69. The lowest BCUT2D eigenvalue weighted by Gasteiger charge is -2.41. The number of nitrogens with zero attached hydrogens (tertiary/aromatic N) is 2. The minimum Gasteiger partial charge on any atom is -0.349 e. The molecular weight excluding hydrogens is 611 g/mol. The van der Waals surface area contributed by atoms with Gasteiger partial charge in [0.15, 0.2) is 0 Å². The van der Waals surface area contributed by atoms with E-state index in [9.17, 15) is 40.7 Å². The maximum Gasteiger partial charge on any atom is 0.416 e. The van der Waals surface area contributed by atoms with E-state index in [4.69, 9.17) is 23.2 Å². The Labute approximate surface area is 247 Å². The first kappa shape index (κ1) is 31.9. The molecule has 0 aliphatic carbocycles. The predicted molar refractivity (Wildman–Crippen MR) is 143 cm³/mol. The molecule has 14 heteroatoms. The SMILES string of the molecule is CC(=O)N1CCC(C(=O)N2CCC(NC(=O)c3cc(C(F)(F)F)cc(C(F)(F)F)c3)[C@H](c3cc(Cl)cc(Cl)c3)C2)CC1. The Morgan fingerprint density at radius 1 is 0.786 bits per heavy atom. The number of nitrogens with one attached hydrogen (secondary N) is 1. The number of amides is 3.